The van der Waals surface area contributed by atoms with Crippen LogP contribution in [0.15, 0.2) is 32.9 Å². The third kappa shape index (κ3) is 3.35. The lowest BCUT2D eigenvalue weighted by molar-refractivity contribution is 0.611. The number of rotatable bonds is 3. The lowest BCUT2D eigenvalue weighted by Crippen LogP contribution is -2.06. The fraction of sp³-hybridized carbons (Fsp3) is 0.250. The zero-order chi connectivity index (χ0) is 12.4. The van der Waals surface area contributed by atoms with E-state index in [1.54, 1.807) is 19.1 Å². The first kappa shape index (κ1) is 13.8. The Morgan fingerprint density at radius 3 is 2.25 bits per heavy atom. The van der Waals surface area contributed by atoms with Gasteiger partial charge in [0.2, 0.25) is 0 Å². The van der Waals surface area contributed by atoms with Crippen molar-refractivity contribution in [2.24, 2.45) is 3.77 Å². The second-order valence-electron chi connectivity index (χ2n) is 2.85. The van der Waals surface area contributed by atoms with Crippen LogP contribution < -0.4 is 0 Å². The maximum absolute atomic E-state index is 12.3. The fourth-order valence-corrected chi connectivity index (χ4v) is 5.28. The first-order valence-corrected chi connectivity index (χ1v) is 8.56. The van der Waals surface area contributed by atoms with Crippen LogP contribution in [-0.4, -0.2) is 18.4 Å². The van der Waals surface area contributed by atoms with Crippen molar-refractivity contribution in [1.29, 1.82) is 0 Å². The summed E-state index contributed by atoms with van der Waals surface area (Å²) >= 11 is 5.84. The molecule has 16 heavy (non-hydrogen) atoms. The highest BCUT2D eigenvalue weighted by atomic mass is 35.7. The number of hydrogen-bond donors (Lipinski definition) is 0. The smallest absolute Gasteiger partial charge is 0.244 e. The van der Waals surface area contributed by atoms with Crippen LogP contribution in [0.3, 0.4) is 0 Å². The van der Waals surface area contributed by atoms with Crippen molar-refractivity contribution in [3.05, 3.63) is 29.3 Å². The van der Waals surface area contributed by atoms with Gasteiger partial charge in [-0.3, -0.25) is 0 Å². The van der Waals surface area contributed by atoms with E-state index in [1.165, 1.54) is 12.1 Å². The molecule has 0 unspecified atom stereocenters. The minimum atomic E-state index is -4.20. The van der Waals surface area contributed by atoms with Gasteiger partial charge in [0, 0.05) is 16.4 Å². The molecule has 0 fully saturated rings. The van der Waals surface area contributed by atoms with Gasteiger partial charge in [-0.25, -0.2) is 4.21 Å². The molecule has 8 heteroatoms. The quantitative estimate of drug-likeness (QED) is 0.806. The van der Waals surface area contributed by atoms with E-state index < -0.39 is 19.0 Å². The number of hydrogen-bond acceptors (Lipinski definition) is 3. The van der Waals surface area contributed by atoms with Gasteiger partial charge >= 0.3 is 9.24 Å². The minimum Gasteiger partial charge on any atom is -0.244 e. The minimum absolute atomic E-state index is 0.0166. The zero-order valence-electron chi connectivity index (χ0n) is 8.26. The van der Waals surface area contributed by atoms with Gasteiger partial charge in [0.15, 0.2) is 0 Å². The molecule has 0 radical (unpaired) electrons. The maximum atomic E-state index is 12.3. The van der Waals surface area contributed by atoms with E-state index in [2.05, 4.69) is 3.77 Å². The Hall–Kier alpha value is -0.300. The molecule has 4 nitrogen and oxygen atoms in total. The molecule has 0 aromatic heterocycles. The Morgan fingerprint density at radius 2 is 1.81 bits per heavy atom. The van der Waals surface area contributed by atoms with Gasteiger partial charge < -0.3 is 0 Å². The summed E-state index contributed by atoms with van der Waals surface area (Å²) in [5.74, 6) is 0.0166. The second kappa shape index (κ2) is 4.91. The maximum Gasteiger partial charge on any atom is 0.347 e. The SMILES string of the molecule is CC[S@](=O)(=NS(=O)(=O)Cl)c1ccccc1Cl. The van der Waals surface area contributed by atoms with Crippen molar-refractivity contribution < 1.29 is 12.6 Å². The van der Waals surface area contributed by atoms with Crippen LogP contribution >= 0.6 is 22.3 Å². The van der Waals surface area contributed by atoms with Crippen LogP contribution in [0.5, 0.6) is 0 Å². The van der Waals surface area contributed by atoms with Crippen molar-refractivity contribution >= 4 is 41.2 Å². The summed E-state index contributed by atoms with van der Waals surface area (Å²) in [4.78, 5) is 0.184. The van der Waals surface area contributed by atoms with Crippen molar-refractivity contribution in [2.75, 3.05) is 5.75 Å². The van der Waals surface area contributed by atoms with E-state index >= 15 is 0 Å². The Kier molecular flexibility index (Phi) is 4.23. The molecule has 1 aromatic carbocycles. The molecule has 0 aliphatic heterocycles. The Balaban J connectivity index is 3.57. The molecule has 90 valence electrons. The number of benzene rings is 1. The van der Waals surface area contributed by atoms with Crippen molar-refractivity contribution in [3.8, 4) is 0 Å². The molecule has 0 saturated carbocycles. The van der Waals surface area contributed by atoms with E-state index in [9.17, 15) is 12.6 Å². The normalized spacial score (nSPS) is 15.4. The largest absolute Gasteiger partial charge is 0.347 e. The molecule has 0 spiro atoms. The monoisotopic (exact) mass is 301 g/mol. The predicted octanol–water partition coefficient (Wildman–Crippen LogP) is 2.67. The number of nitrogens with zero attached hydrogens (tertiary/aromatic N) is 1. The van der Waals surface area contributed by atoms with Gasteiger partial charge in [-0.2, -0.15) is 8.42 Å². The highest BCUT2D eigenvalue weighted by Gasteiger charge is 2.17. The van der Waals surface area contributed by atoms with Crippen LogP contribution in [0.2, 0.25) is 5.02 Å². The van der Waals surface area contributed by atoms with Gasteiger partial charge in [-0.15, -0.1) is 0 Å². The molecule has 1 aromatic rings. The summed E-state index contributed by atoms with van der Waals surface area (Å²) in [5.41, 5.74) is 0. The van der Waals surface area contributed by atoms with E-state index in [0.717, 1.165) is 0 Å². The second-order valence-corrected chi connectivity index (χ2v) is 8.14. The zero-order valence-corrected chi connectivity index (χ0v) is 11.4. The highest BCUT2D eigenvalue weighted by Crippen LogP contribution is 2.25. The number of halogens is 2. The summed E-state index contributed by atoms with van der Waals surface area (Å²) in [6, 6.07) is 6.24. The molecular formula is C8H9Cl2NO3S2. The summed E-state index contributed by atoms with van der Waals surface area (Å²) in [5, 5.41) is 0.207. The summed E-state index contributed by atoms with van der Waals surface area (Å²) in [6.07, 6.45) is 0. The topological polar surface area (TPSA) is 63.6 Å². The van der Waals surface area contributed by atoms with E-state index in [-0.39, 0.29) is 15.7 Å². The molecule has 0 aliphatic rings. The predicted molar refractivity (Wildman–Crippen MR) is 65.6 cm³/mol. The summed E-state index contributed by atoms with van der Waals surface area (Å²) < 4.78 is 37.2. The van der Waals surface area contributed by atoms with Gasteiger partial charge in [0.25, 0.3) is 0 Å². The molecule has 0 heterocycles. The third-order valence-corrected chi connectivity index (χ3v) is 6.23. The van der Waals surface area contributed by atoms with Crippen LogP contribution in [0.25, 0.3) is 0 Å². The van der Waals surface area contributed by atoms with Crippen molar-refractivity contribution in [3.63, 3.8) is 0 Å². The van der Waals surface area contributed by atoms with E-state index in [4.69, 9.17) is 22.3 Å². The van der Waals surface area contributed by atoms with Crippen molar-refractivity contribution in [1.82, 2.24) is 0 Å². The van der Waals surface area contributed by atoms with Crippen LogP contribution in [0.1, 0.15) is 6.92 Å². The van der Waals surface area contributed by atoms with E-state index in [0.29, 0.717) is 0 Å². The molecule has 0 saturated heterocycles. The molecule has 1 atom stereocenters. The van der Waals surface area contributed by atoms with Crippen LogP contribution in [0, 0.1) is 0 Å². The fourth-order valence-electron chi connectivity index (χ4n) is 1.10. The first-order valence-electron chi connectivity index (χ1n) is 4.24. The van der Waals surface area contributed by atoms with Crippen molar-refractivity contribution in [2.45, 2.75) is 11.8 Å². The summed E-state index contributed by atoms with van der Waals surface area (Å²) in [7, 11) is -2.33. The van der Waals surface area contributed by atoms with Crippen LogP contribution in [-0.2, 0) is 19.0 Å². The average Bonchev–Trinajstić information content (AvgIpc) is 2.15. The highest BCUT2D eigenvalue weighted by molar-refractivity contribution is 8.17. The molecule has 0 amide bonds. The first-order chi connectivity index (χ1) is 7.28. The molecule has 1 rings (SSSR count). The van der Waals surface area contributed by atoms with Crippen LogP contribution in [0.4, 0.5) is 0 Å². The molecule has 0 aliphatic carbocycles. The van der Waals surface area contributed by atoms with E-state index in [1.807, 2.05) is 0 Å². The molecule has 0 N–H and O–H groups in total. The lowest BCUT2D eigenvalue weighted by atomic mass is 10.4. The van der Waals surface area contributed by atoms with Gasteiger partial charge in [-0.05, 0) is 12.1 Å². The average molecular weight is 302 g/mol. The standard InChI is InChI=1S/C8H9Cl2NO3S2/c1-2-15(12,11-16(10,13)14)8-6-4-3-5-7(8)9/h3-6H,2H2,1H3/t15-/m1/s1. The summed E-state index contributed by atoms with van der Waals surface area (Å²) in [6.45, 7) is 1.55. The van der Waals surface area contributed by atoms with Gasteiger partial charge in [0.1, 0.15) is 0 Å². The Bertz CT molecular complexity index is 603. The Labute approximate surface area is 104 Å². The van der Waals surface area contributed by atoms with Gasteiger partial charge in [-0.1, -0.05) is 34.4 Å². The molecular weight excluding hydrogens is 293 g/mol. The molecule has 0 bridgehead atoms. The lowest BCUT2D eigenvalue weighted by Gasteiger charge is -2.07. The third-order valence-electron chi connectivity index (χ3n) is 1.78. The van der Waals surface area contributed by atoms with Gasteiger partial charge in [0.05, 0.1) is 19.6 Å². The Morgan fingerprint density at radius 1 is 1.25 bits per heavy atom.